The van der Waals surface area contributed by atoms with Gasteiger partial charge < -0.3 is 10.1 Å². The second kappa shape index (κ2) is 7.47. The van der Waals surface area contributed by atoms with Gasteiger partial charge in [0.2, 0.25) is 0 Å². The van der Waals surface area contributed by atoms with Crippen LogP contribution in [0.1, 0.15) is 5.56 Å². The Bertz CT molecular complexity index is 544. The second-order valence-corrected chi connectivity index (χ2v) is 4.47. The fraction of sp³-hybridized carbons (Fsp3) is 0.133. The predicted molar refractivity (Wildman–Crippen MR) is 83.6 cm³/mol. The number of methoxy groups -OCH3 is 1. The fourth-order valence-electron chi connectivity index (χ4n) is 1.59. The molecule has 20 heavy (non-hydrogen) atoms. The lowest BCUT2D eigenvalue weighted by molar-refractivity contribution is 0.0728. The SMILES string of the molecule is COc1ccc(NC(=S)NOCc2ccccc2)cc1. The van der Waals surface area contributed by atoms with E-state index in [0.29, 0.717) is 11.7 Å². The summed E-state index contributed by atoms with van der Waals surface area (Å²) in [7, 11) is 1.63. The quantitative estimate of drug-likeness (QED) is 0.653. The van der Waals surface area contributed by atoms with Gasteiger partial charge in [0, 0.05) is 5.69 Å². The van der Waals surface area contributed by atoms with E-state index in [1.165, 1.54) is 0 Å². The van der Waals surface area contributed by atoms with E-state index in [1.54, 1.807) is 7.11 Å². The highest BCUT2D eigenvalue weighted by Gasteiger charge is 1.98. The molecule has 2 N–H and O–H groups in total. The zero-order chi connectivity index (χ0) is 14.2. The van der Waals surface area contributed by atoms with E-state index in [4.69, 9.17) is 21.8 Å². The van der Waals surface area contributed by atoms with Crippen LogP contribution >= 0.6 is 12.2 Å². The van der Waals surface area contributed by atoms with Gasteiger partial charge in [-0.3, -0.25) is 4.84 Å². The highest BCUT2D eigenvalue weighted by molar-refractivity contribution is 7.80. The molecule has 0 fully saturated rings. The van der Waals surface area contributed by atoms with Crippen LogP contribution < -0.4 is 15.5 Å². The van der Waals surface area contributed by atoms with Crippen LogP contribution in [-0.2, 0) is 11.4 Å². The van der Waals surface area contributed by atoms with Crippen molar-refractivity contribution in [1.29, 1.82) is 0 Å². The van der Waals surface area contributed by atoms with Crippen molar-refractivity contribution >= 4 is 23.0 Å². The average molecular weight is 288 g/mol. The van der Waals surface area contributed by atoms with Gasteiger partial charge in [0.1, 0.15) is 5.75 Å². The van der Waals surface area contributed by atoms with Crippen LogP contribution in [0.4, 0.5) is 5.69 Å². The first-order valence-corrected chi connectivity index (χ1v) is 6.55. The van der Waals surface area contributed by atoms with E-state index in [-0.39, 0.29) is 0 Å². The zero-order valence-electron chi connectivity index (χ0n) is 11.1. The number of anilines is 1. The lowest BCUT2D eigenvalue weighted by atomic mass is 10.2. The maximum Gasteiger partial charge on any atom is 0.195 e. The molecule has 0 aliphatic rings. The maximum atomic E-state index is 5.32. The summed E-state index contributed by atoms with van der Waals surface area (Å²) in [5.74, 6) is 0.801. The molecular formula is C15H16N2O2S. The fourth-order valence-corrected chi connectivity index (χ4v) is 1.77. The average Bonchev–Trinajstić information content (AvgIpc) is 2.49. The summed E-state index contributed by atoms with van der Waals surface area (Å²) in [4.78, 5) is 5.32. The Morgan fingerprint density at radius 3 is 2.40 bits per heavy atom. The van der Waals surface area contributed by atoms with Crippen molar-refractivity contribution in [1.82, 2.24) is 5.48 Å². The normalized spacial score (nSPS) is 9.85. The Balaban J connectivity index is 1.74. The number of benzene rings is 2. The van der Waals surface area contributed by atoms with Crippen LogP contribution in [0.2, 0.25) is 0 Å². The van der Waals surface area contributed by atoms with E-state index in [1.807, 2.05) is 54.6 Å². The number of hydrogen-bond acceptors (Lipinski definition) is 3. The van der Waals surface area contributed by atoms with E-state index in [9.17, 15) is 0 Å². The van der Waals surface area contributed by atoms with Gasteiger partial charge in [-0.05, 0) is 42.0 Å². The third kappa shape index (κ3) is 4.53. The van der Waals surface area contributed by atoms with Crippen LogP contribution in [0.5, 0.6) is 5.75 Å². The highest BCUT2D eigenvalue weighted by Crippen LogP contribution is 2.14. The Kier molecular flexibility index (Phi) is 5.34. The molecule has 0 radical (unpaired) electrons. The molecule has 0 saturated carbocycles. The number of nitrogens with one attached hydrogen (secondary N) is 2. The summed E-state index contributed by atoms with van der Waals surface area (Å²) >= 11 is 5.13. The maximum absolute atomic E-state index is 5.32. The smallest absolute Gasteiger partial charge is 0.195 e. The molecule has 2 aromatic rings. The molecule has 0 bridgehead atoms. The number of thiocarbonyl (C=S) groups is 1. The molecule has 0 amide bonds. The highest BCUT2D eigenvalue weighted by atomic mass is 32.1. The minimum Gasteiger partial charge on any atom is -0.497 e. The monoisotopic (exact) mass is 288 g/mol. The summed E-state index contributed by atoms with van der Waals surface area (Å²) < 4.78 is 5.09. The van der Waals surface area contributed by atoms with Crippen molar-refractivity contribution in [3.63, 3.8) is 0 Å². The van der Waals surface area contributed by atoms with Crippen LogP contribution in [0, 0.1) is 0 Å². The summed E-state index contributed by atoms with van der Waals surface area (Å²) in [5, 5.41) is 3.43. The first-order chi connectivity index (χ1) is 9.78. The molecule has 0 aliphatic carbocycles. The summed E-state index contributed by atoms with van der Waals surface area (Å²) in [6.45, 7) is 0.450. The van der Waals surface area contributed by atoms with Gasteiger partial charge in [-0.2, -0.15) is 0 Å². The zero-order valence-corrected chi connectivity index (χ0v) is 11.9. The van der Waals surface area contributed by atoms with Gasteiger partial charge in [0.05, 0.1) is 13.7 Å². The molecule has 0 atom stereocenters. The van der Waals surface area contributed by atoms with Crippen molar-refractivity contribution in [2.45, 2.75) is 6.61 Å². The van der Waals surface area contributed by atoms with E-state index >= 15 is 0 Å². The number of hydroxylamine groups is 1. The van der Waals surface area contributed by atoms with Crippen molar-refractivity contribution in [2.75, 3.05) is 12.4 Å². The predicted octanol–water partition coefficient (Wildman–Crippen LogP) is 3.11. The molecule has 5 heteroatoms. The molecule has 0 saturated heterocycles. The van der Waals surface area contributed by atoms with Crippen LogP contribution in [0.25, 0.3) is 0 Å². The molecule has 2 aromatic carbocycles. The molecule has 4 nitrogen and oxygen atoms in total. The molecule has 0 aromatic heterocycles. The molecule has 0 heterocycles. The third-order valence-electron chi connectivity index (χ3n) is 2.59. The molecule has 0 aliphatic heterocycles. The molecule has 104 valence electrons. The number of hydrogen-bond donors (Lipinski definition) is 2. The van der Waals surface area contributed by atoms with Gasteiger partial charge >= 0.3 is 0 Å². The Labute approximate surface area is 123 Å². The van der Waals surface area contributed by atoms with Gasteiger partial charge in [0.15, 0.2) is 5.11 Å². The van der Waals surface area contributed by atoms with E-state index < -0.39 is 0 Å². The standard InChI is InChI=1S/C15H16N2O2S/c1-18-14-9-7-13(8-10-14)16-15(20)17-19-11-12-5-3-2-4-6-12/h2-10H,11H2,1H3,(H2,16,17,20). The van der Waals surface area contributed by atoms with Crippen molar-refractivity contribution in [3.05, 3.63) is 60.2 Å². The van der Waals surface area contributed by atoms with Crippen LogP contribution in [0.15, 0.2) is 54.6 Å². The van der Waals surface area contributed by atoms with Gasteiger partial charge in [0.25, 0.3) is 0 Å². The summed E-state index contributed by atoms with van der Waals surface area (Å²) in [6, 6.07) is 17.3. The minimum atomic E-state index is 0.408. The van der Waals surface area contributed by atoms with Crippen LogP contribution in [-0.4, -0.2) is 12.2 Å². The Hall–Kier alpha value is -2.11. The minimum absolute atomic E-state index is 0.408. The van der Waals surface area contributed by atoms with Gasteiger partial charge in [-0.25, -0.2) is 5.48 Å². The van der Waals surface area contributed by atoms with Crippen LogP contribution in [0.3, 0.4) is 0 Å². The summed E-state index contributed by atoms with van der Waals surface area (Å²) in [5.41, 5.74) is 4.64. The van der Waals surface area contributed by atoms with Gasteiger partial charge in [-0.15, -0.1) is 0 Å². The Morgan fingerprint density at radius 1 is 1.05 bits per heavy atom. The second-order valence-electron chi connectivity index (χ2n) is 4.06. The lowest BCUT2D eigenvalue weighted by Crippen LogP contribution is -2.28. The first kappa shape index (κ1) is 14.3. The van der Waals surface area contributed by atoms with Crippen molar-refractivity contribution in [2.24, 2.45) is 0 Å². The van der Waals surface area contributed by atoms with E-state index in [0.717, 1.165) is 17.0 Å². The summed E-state index contributed by atoms with van der Waals surface area (Å²) in [6.07, 6.45) is 0. The van der Waals surface area contributed by atoms with E-state index in [2.05, 4.69) is 10.8 Å². The lowest BCUT2D eigenvalue weighted by Gasteiger charge is -2.11. The van der Waals surface area contributed by atoms with Crippen molar-refractivity contribution in [3.8, 4) is 5.75 Å². The van der Waals surface area contributed by atoms with Crippen molar-refractivity contribution < 1.29 is 9.57 Å². The van der Waals surface area contributed by atoms with Gasteiger partial charge in [-0.1, -0.05) is 30.3 Å². The Morgan fingerprint density at radius 2 is 1.75 bits per heavy atom. The largest absolute Gasteiger partial charge is 0.497 e. The topological polar surface area (TPSA) is 42.5 Å². The molecule has 2 rings (SSSR count). The number of ether oxygens (including phenoxy) is 1. The molecule has 0 spiro atoms. The third-order valence-corrected chi connectivity index (χ3v) is 2.78. The first-order valence-electron chi connectivity index (χ1n) is 6.14. The molecule has 0 unspecified atom stereocenters. The molecular weight excluding hydrogens is 272 g/mol. The number of rotatable bonds is 5.